The molecule has 3 nitrogen and oxygen atoms in total. The van der Waals surface area contributed by atoms with Crippen molar-refractivity contribution in [1.29, 1.82) is 0 Å². The zero-order valence-corrected chi connectivity index (χ0v) is 9.25. The van der Waals surface area contributed by atoms with E-state index in [2.05, 4.69) is 48.4 Å². The summed E-state index contributed by atoms with van der Waals surface area (Å²) in [6.45, 7) is 4.99. The lowest BCUT2D eigenvalue weighted by Crippen LogP contribution is -2.42. The Kier molecular flexibility index (Phi) is 2.39. The van der Waals surface area contributed by atoms with Crippen LogP contribution in [-0.2, 0) is 12.0 Å². The van der Waals surface area contributed by atoms with Crippen LogP contribution in [0.3, 0.4) is 0 Å². The van der Waals surface area contributed by atoms with Gasteiger partial charge in [-0.2, -0.15) is 0 Å². The monoisotopic (exact) mass is 203 g/mol. The number of aliphatic imine (C=N–C) groups is 1. The zero-order valence-electron chi connectivity index (χ0n) is 9.25. The molecule has 3 N–H and O–H groups in total. The SMILES string of the molecule is CCc1ccc(C2(C)CN=C(N)N2)cc1. The summed E-state index contributed by atoms with van der Waals surface area (Å²) in [5.41, 5.74) is 8.11. The number of benzene rings is 1. The lowest BCUT2D eigenvalue weighted by Gasteiger charge is -2.24. The maximum atomic E-state index is 5.64. The molecule has 0 fully saturated rings. The summed E-state index contributed by atoms with van der Waals surface area (Å²) in [6, 6.07) is 8.63. The third-order valence-corrected chi connectivity index (χ3v) is 2.97. The highest BCUT2D eigenvalue weighted by Gasteiger charge is 2.30. The molecule has 1 atom stereocenters. The van der Waals surface area contributed by atoms with Crippen LogP contribution in [0.15, 0.2) is 29.3 Å². The first-order valence-electron chi connectivity index (χ1n) is 5.31. The predicted octanol–water partition coefficient (Wildman–Crippen LogP) is 1.38. The standard InChI is InChI=1S/C12H17N3/c1-3-9-4-6-10(7-5-9)12(2)8-14-11(13)15-12/h4-7H,3,8H2,1-2H3,(H3,13,14,15). The molecule has 0 radical (unpaired) electrons. The van der Waals surface area contributed by atoms with E-state index in [0.717, 1.165) is 6.42 Å². The first-order chi connectivity index (χ1) is 7.14. The fourth-order valence-electron chi connectivity index (χ4n) is 1.88. The van der Waals surface area contributed by atoms with Crippen molar-refractivity contribution in [2.75, 3.05) is 6.54 Å². The Morgan fingerprint density at radius 2 is 2.07 bits per heavy atom. The molecule has 0 saturated heterocycles. The fourth-order valence-corrected chi connectivity index (χ4v) is 1.88. The molecule has 1 unspecified atom stereocenters. The van der Waals surface area contributed by atoms with Crippen molar-refractivity contribution in [1.82, 2.24) is 5.32 Å². The van der Waals surface area contributed by atoms with E-state index in [1.165, 1.54) is 11.1 Å². The number of hydrogen-bond donors (Lipinski definition) is 2. The summed E-state index contributed by atoms with van der Waals surface area (Å²) in [6.07, 6.45) is 1.07. The normalized spacial score (nSPS) is 24.8. The topological polar surface area (TPSA) is 50.4 Å². The van der Waals surface area contributed by atoms with Gasteiger partial charge in [0.25, 0.3) is 0 Å². The molecule has 80 valence electrons. The number of aryl methyl sites for hydroxylation is 1. The Hall–Kier alpha value is -1.51. The third-order valence-electron chi connectivity index (χ3n) is 2.97. The van der Waals surface area contributed by atoms with E-state index in [-0.39, 0.29) is 5.54 Å². The maximum Gasteiger partial charge on any atom is 0.189 e. The van der Waals surface area contributed by atoms with Gasteiger partial charge in [0.15, 0.2) is 5.96 Å². The summed E-state index contributed by atoms with van der Waals surface area (Å²) < 4.78 is 0. The van der Waals surface area contributed by atoms with E-state index in [0.29, 0.717) is 12.5 Å². The largest absolute Gasteiger partial charge is 0.370 e. The highest BCUT2D eigenvalue weighted by Crippen LogP contribution is 2.24. The van der Waals surface area contributed by atoms with Gasteiger partial charge in [-0.25, -0.2) is 0 Å². The quantitative estimate of drug-likeness (QED) is 0.763. The van der Waals surface area contributed by atoms with Crippen LogP contribution in [0.2, 0.25) is 0 Å². The van der Waals surface area contributed by atoms with Gasteiger partial charge < -0.3 is 11.1 Å². The van der Waals surface area contributed by atoms with Crippen LogP contribution in [0, 0.1) is 0 Å². The average Bonchev–Trinajstić information content (AvgIpc) is 2.60. The summed E-state index contributed by atoms with van der Waals surface area (Å²) >= 11 is 0. The van der Waals surface area contributed by atoms with Crippen LogP contribution >= 0.6 is 0 Å². The summed E-state index contributed by atoms with van der Waals surface area (Å²) in [5.74, 6) is 0.539. The average molecular weight is 203 g/mol. The lowest BCUT2D eigenvalue weighted by atomic mass is 9.92. The van der Waals surface area contributed by atoms with E-state index in [1.54, 1.807) is 0 Å². The van der Waals surface area contributed by atoms with E-state index in [9.17, 15) is 0 Å². The van der Waals surface area contributed by atoms with Gasteiger partial charge in [-0.05, 0) is 24.5 Å². The second-order valence-electron chi connectivity index (χ2n) is 4.21. The number of nitrogens with two attached hydrogens (primary N) is 1. The third kappa shape index (κ3) is 1.82. The van der Waals surface area contributed by atoms with Crippen molar-refractivity contribution >= 4 is 5.96 Å². The van der Waals surface area contributed by atoms with Gasteiger partial charge in [0, 0.05) is 0 Å². The number of nitrogens with one attached hydrogen (secondary N) is 1. The molecule has 0 spiro atoms. The van der Waals surface area contributed by atoms with Crippen molar-refractivity contribution < 1.29 is 0 Å². The van der Waals surface area contributed by atoms with E-state index < -0.39 is 0 Å². The van der Waals surface area contributed by atoms with Crippen molar-refractivity contribution in [3.8, 4) is 0 Å². The van der Waals surface area contributed by atoms with E-state index in [4.69, 9.17) is 5.73 Å². The van der Waals surface area contributed by atoms with Crippen LogP contribution < -0.4 is 11.1 Å². The molecular formula is C12H17N3. The first-order valence-corrected chi connectivity index (χ1v) is 5.31. The summed E-state index contributed by atoms with van der Waals surface area (Å²) in [4.78, 5) is 4.19. The van der Waals surface area contributed by atoms with Gasteiger partial charge in [0.2, 0.25) is 0 Å². The van der Waals surface area contributed by atoms with Gasteiger partial charge in [0.1, 0.15) is 0 Å². The second-order valence-corrected chi connectivity index (χ2v) is 4.21. The molecule has 0 saturated carbocycles. The molecule has 0 bridgehead atoms. The molecule has 15 heavy (non-hydrogen) atoms. The molecule has 1 aliphatic heterocycles. The molecule has 2 rings (SSSR count). The number of hydrogen-bond acceptors (Lipinski definition) is 3. The Morgan fingerprint density at radius 1 is 1.40 bits per heavy atom. The Bertz CT molecular complexity index is 380. The molecule has 3 heteroatoms. The Labute approximate surface area is 90.4 Å². The smallest absolute Gasteiger partial charge is 0.189 e. The van der Waals surface area contributed by atoms with Crippen LogP contribution in [-0.4, -0.2) is 12.5 Å². The van der Waals surface area contributed by atoms with Crippen LogP contribution in [0.1, 0.15) is 25.0 Å². The summed E-state index contributed by atoms with van der Waals surface area (Å²) in [7, 11) is 0. The van der Waals surface area contributed by atoms with Gasteiger partial charge in [0.05, 0.1) is 12.1 Å². The highest BCUT2D eigenvalue weighted by molar-refractivity contribution is 5.81. The number of nitrogens with zero attached hydrogens (tertiary/aromatic N) is 1. The number of guanidine groups is 1. The van der Waals surface area contributed by atoms with Crippen molar-refractivity contribution in [3.05, 3.63) is 35.4 Å². The molecule has 0 amide bonds. The van der Waals surface area contributed by atoms with Gasteiger partial charge in [-0.3, -0.25) is 4.99 Å². The minimum absolute atomic E-state index is 0.129. The van der Waals surface area contributed by atoms with Crippen molar-refractivity contribution in [2.45, 2.75) is 25.8 Å². The molecule has 0 aliphatic carbocycles. The highest BCUT2D eigenvalue weighted by atomic mass is 15.2. The predicted molar refractivity (Wildman–Crippen MR) is 62.8 cm³/mol. The summed E-state index contributed by atoms with van der Waals surface area (Å²) in [5, 5.41) is 3.21. The molecule has 0 aromatic heterocycles. The Morgan fingerprint density at radius 3 is 2.53 bits per heavy atom. The fraction of sp³-hybridized carbons (Fsp3) is 0.417. The van der Waals surface area contributed by atoms with Gasteiger partial charge in [-0.15, -0.1) is 0 Å². The van der Waals surface area contributed by atoms with Gasteiger partial charge >= 0.3 is 0 Å². The van der Waals surface area contributed by atoms with E-state index in [1.807, 2.05) is 0 Å². The lowest BCUT2D eigenvalue weighted by molar-refractivity contribution is 0.480. The maximum absolute atomic E-state index is 5.64. The molecule has 1 aromatic rings. The van der Waals surface area contributed by atoms with Crippen molar-refractivity contribution in [2.24, 2.45) is 10.7 Å². The molecular weight excluding hydrogens is 186 g/mol. The molecule has 1 aliphatic rings. The van der Waals surface area contributed by atoms with Crippen LogP contribution in [0.5, 0.6) is 0 Å². The molecule has 1 heterocycles. The number of rotatable bonds is 2. The zero-order chi connectivity index (χ0) is 10.9. The minimum atomic E-state index is -0.129. The Balaban J connectivity index is 2.23. The minimum Gasteiger partial charge on any atom is -0.370 e. The van der Waals surface area contributed by atoms with Crippen LogP contribution in [0.4, 0.5) is 0 Å². The van der Waals surface area contributed by atoms with Gasteiger partial charge in [-0.1, -0.05) is 31.2 Å². The first kappa shape index (κ1) is 10.0. The van der Waals surface area contributed by atoms with Crippen molar-refractivity contribution in [3.63, 3.8) is 0 Å². The molecule has 1 aromatic carbocycles. The van der Waals surface area contributed by atoms with Crippen LogP contribution in [0.25, 0.3) is 0 Å². The van der Waals surface area contributed by atoms with E-state index >= 15 is 0 Å². The second kappa shape index (κ2) is 3.57.